The molecule has 0 aliphatic rings. The highest BCUT2D eigenvalue weighted by Crippen LogP contribution is 2.23. The molecule has 0 unspecified atom stereocenters. The van der Waals surface area contributed by atoms with Crippen LogP contribution in [0.2, 0.25) is 5.02 Å². The van der Waals surface area contributed by atoms with Crippen molar-refractivity contribution in [3.05, 3.63) is 33.3 Å². The summed E-state index contributed by atoms with van der Waals surface area (Å²) in [5, 5.41) is 0.474. The minimum Gasteiger partial charge on any atom is -0.376 e. The van der Waals surface area contributed by atoms with Gasteiger partial charge in [0.05, 0.1) is 19.6 Å². The topological polar surface area (TPSA) is 9.23 Å². The van der Waals surface area contributed by atoms with Gasteiger partial charge in [-0.15, -0.1) is 0 Å². The van der Waals surface area contributed by atoms with Crippen molar-refractivity contribution < 1.29 is 17.9 Å². The molecule has 0 amide bonds. The van der Waals surface area contributed by atoms with Gasteiger partial charge in [-0.05, 0) is 17.7 Å². The standard InChI is InChI=1S/C10H9BrClF3O/c11-8-2-1-7(9(12)5-8)6-16-4-3-10(13,14)15/h1-2,5H,3-4,6H2. The Balaban J connectivity index is 2.38. The van der Waals surface area contributed by atoms with Crippen LogP contribution in [-0.2, 0) is 11.3 Å². The maximum Gasteiger partial charge on any atom is 0.391 e. The highest BCUT2D eigenvalue weighted by Gasteiger charge is 2.26. The molecule has 16 heavy (non-hydrogen) atoms. The quantitative estimate of drug-likeness (QED) is 0.739. The van der Waals surface area contributed by atoms with E-state index >= 15 is 0 Å². The lowest BCUT2D eigenvalue weighted by Gasteiger charge is -2.08. The molecule has 0 fully saturated rings. The molecule has 0 spiro atoms. The van der Waals surface area contributed by atoms with Crippen LogP contribution in [0.1, 0.15) is 12.0 Å². The van der Waals surface area contributed by atoms with Gasteiger partial charge in [-0.25, -0.2) is 0 Å². The van der Waals surface area contributed by atoms with Gasteiger partial charge in [-0.3, -0.25) is 0 Å². The van der Waals surface area contributed by atoms with Crippen molar-refractivity contribution in [1.29, 1.82) is 0 Å². The third-order valence-corrected chi connectivity index (χ3v) is 2.65. The van der Waals surface area contributed by atoms with Gasteiger partial charge in [0.25, 0.3) is 0 Å². The van der Waals surface area contributed by atoms with E-state index in [1.165, 1.54) is 0 Å². The van der Waals surface area contributed by atoms with Gasteiger partial charge in [0.15, 0.2) is 0 Å². The van der Waals surface area contributed by atoms with E-state index in [1.54, 1.807) is 18.2 Å². The zero-order chi connectivity index (χ0) is 12.2. The van der Waals surface area contributed by atoms with E-state index in [2.05, 4.69) is 15.9 Å². The lowest BCUT2D eigenvalue weighted by atomic mass is 10.2. The SMILES string of the molecule is FC(F)(F)CCOCc1ccc(Br)cc1Cl. The first-order valence-corrected chi connectivity index (χ1v) is 5.64. The molecule has 6 heteroatoms. The van der Waals surface area contributed by atoms with Gasteiger partial charge in [0.2, 0.25) is 0 Å². The lowest BCUT2D eigenvalue weighted by Crippen LogP contribution is -2.11. The average Bonchev–Trinajstić information content (AvgIpc) is 2.13. The predicted molar refractivity (Wildman–Crippen MR) is 59.5 cm³/mol. The third-order valence-electron chi connectivity index (χ3n) is 1.80. The molecule has 0 saturated heterocycles. The Morgan fingerprint density at radius 1 is 1.31 bits per heavy atom. The summed E-state index contributed by atoms with van der Waals surface area (Å²) in [6.45, 7) is -0.266. The average molecular weight is 318 g/mol. The number of rotatable bonds is 4. The first kappa shape index (κ1) is 13.8. The second-order valence-electron chi connectivity index (χ2n) is 3.15. The largest absolute Gasteiger partial charge is 0.391 e. The van der Waals surface area contributed by atoms with Crippen molar-refractivity contribution in [2.75, 3.05) is 6.61 Å². The molecular weight excluding hydrogens is 308 g/mol. The Bertz CT molecular complexity index is 354. The van der Waals surface area contributed by atoms with Gasteiger partial charge in [-0.2, -0.15) is 13.2 Å². The third kappa shape index (κ3) is 5.18. The summed E-state index contributed by atoms with van der Waals surface area (Å²) in [5.74, 6) is 0. The minimum absolute atomic E-state index is 0.0855. The zero-order valence-corrected chi connectivity index (χ0v) is 10.5. The molecule has 0 heterocycles. The number of alkyl halides is 3. The summed E-state index contributed by atoms with van der Waals surface area (Å²) in [7, 11) is 0. The van der Waals surface area contributed by atoms with E-state index in [1.807, 2.05) is 0 Å². The van der Waals surface area contributed by atoms with Crippen LogP contribution < -0.4 is 0 Å². The summed E-state index contributed by atoms with van der Waals surface area (Å²) in [5.41, 5.74) is 0.673. The molecule has 0 atom stereocenters. The van der Waals surface area contributed by atoms with Crippen molar-refractivity contribution in [1.82, 2.24) is 0 Å². The first-order valence-electron chi connectivity index (χ1n) is 4.47. The molecule has 0 aliphatic carbocycles. The maximum atomic E-state index is 11.8. The summed E-state index contributed by atoms with van der Waals surface area (Å²) in [6.07, 6.45) is -5.12. The van der Waals surface area contributed by atoms with Crippen LogP contribution in [0.5, 0.6) is 0 Å². The van der Waals surface area contributed by atoms with E-state index in [0.717, 1.165) is 4.47 Å². The number of hydrogen-bond donors (Lipinski definition) is 0. The Morgan fingerprint density at radius 3 is 2.56 bits per heavy atom. The Morgan fingerprint density at radius 2 is 2.00 bits per heavy atom. The van der Waals surface area contributed by atoms with Crippen LogP contribution >= 0.6 is 27.5 Å². The molecule has 0 radical (unpaired) electrons. The van der Waals surface area contributed by atoms with Crippen LogP contribution in [0.3, 0.4) is 0 Å². The van der Waals surface area contributed by atoms with Crippen LogP contribution in [0, 0.1) is 0 Å². The summed E-state index contributed by atoms with van der Waals surface area (Å²) >= 11 is 9.10. The second kappa shape index (κ2) is 5.89. The molecule has 1 nitrogen and oxygen atoms in total. The predicted octanol–water partition coefficient (Wildman–Crippen LogP) is 4.57. The van der Waals surface area contributed by atoms with Crippen molar-refractivity contribution in [2.45, 2.75) is 19.2 Å². The minimum atomic E-state index is -4.18. The molecule has 0 N–H and O–H groups in total. The maximum absolute atomic E-state index is 11.8. The van der Waals surface area contributed by atoms with E-state index in [9.17, 15) is 13.2 Å². The summed E-state index contributed by atoms with van der Waals surface area (Å²) in [4.78, 5) is 0. The second-order valence-corrected chi connectivity index (χ2v) is 4.48. The summed E-state index contributed by atoms with van der Waals surface area (Å²) in [6, 6.07) is 5.14. The van der Waals surface area contributed by atoms with E-state index in [4.69, 9.17) is 16.3 Å². The van der Waals surface area contributed by atoms with Crippen LogP contribution in [0.4, 0.5) is 13.2 Å². The summed E-state index contributed by atoms with van der Waals surface area (Å²) < 4.78 is 41.1. The van der Waals surface area contributed by atoms with Crippen molar-refractivity contribution in [3.63, 3.8) is 0 Å². The number of halogens is 5. The van der Waals surface area contributed by atoms with Gasteiger partial charge in [-0.1, -0.05) is 33.6 Å². The zero-order valence-electron chi connectivity index (χ0n) is 8.15. The van der Waals surface area contributed by atoms with Gasteiger partial charge in [0.1, 0.15) is 0 Å². The van der Waals surface area contributed by atoms with Crippen molar-refractivity contribution in [3.8, 4) is 0 Å². The normalized spacial score (nSPS) is 11.8. The van der Waals surface area contributed by atoms with Crippen molar-refractivity contribution >= 4 is 27.5 Å². The first-order chi connectivity index (χ1) is 7.38. The number of ether oxygens (including phenoxy) is 1. The molecule has 1 rings (SSSR count). The molecule has 90 valence electrons. The number of hydrogen-bond acceptors (Lipinski definition) is 1. The van der Waals surface area contributed by atoms with Crippen LogP contribution in [0.15, 0.2) is 22.7 Å². The van der Waals surface area contributed by atoms with Crippen molar-refractivity contribution in [2.24, 2.45) is 0 Å². The fourth-order valence-electron chi connectivity index (χ4n) is 1.01. The fraction of sp³-hybridized carbons (Fsp3) is 0.400. The molecule has 0 aromatic heterocycles. The van der Waals surface area contributed by atoms with E-state index in [-0.39, 0.29) is 13.2 Å². The molecule has 0 aliphatic heterocycles. The van der Waals surface area contributed by atoms with Crippen LogP contribution in [0.25, 0.3) is 0 Å². The molecular formula is C10H9BrClF3O. The highest BCUT2D eigenvalue weighted by molar-refractivity contribution is 9.10. The molecule has 0 saturated carbocycles. The van der Waals surface area contributed by atoms with Gasteiger partial charge >= 0.3 is 6.18 Å². The smallest absolute Gasteiger partial charge is 0.376 e. The van der Waals surface area contributed by atoms with E-state index in [0.29, 0.717) is 10.6 Å². The van der Waals surface area contributed by atoms with Gasteiger partial charge in [0, 0.05) is 9.50 Å². The Hall–Kier alpha value is -0.260. The molecule has 0 bridgehead atoms. The number of benzene rings is 1. The molecule has 1 aromatic rings. The van der Waals surface area contributed by atoms with Crippen LogP contribution in [-0.4, -0.2) is 12.8 Å². The van der Waals surface area contributed by atoms with E-state index < -0.39 is 12.6 Å². The lowest BCUT2D eigenvalue weighted by molar-refractivity contribution is -0.146. The Kier molecular flexibility index (Phi) is 5.08. The highest BCUT2D eigenvalue weighted by atomic mass is 79.9. The Labute approximate surface area is 105 Å². The van der Waals surface area contributed by atoms with Gasteiger partial charge < -0.3 is 4.74 Å². The molecule has 1 aromatic carbocycles. The fourth-order valence-corrected chi connectivity index (χ4v) is 1.74. The monoisotopic (exact) mass is 316 g/mol.